The number of hydrogen-bond donors (Lipinski definition) is 0. The lowest BCUT2D eigenvalue weighted by atomic mass is 9.75. The van der Waals surface area contributed by atoms with E-state index in [9.17, 15) is 9.59 Å². The van der Waals surface area contributed by atoms with Crippen molar-refractivity contribution >= 4 is 23.6 Å². The molecule has 0 bridgehead atoms. The van der Waals surface area contributed by atoms with Crippen LogP contribution in [0.5, 0.6) is 0 Å². The summed E-state index contributed by atoms with van der Waals surface area (Å²) in [5, 5.41) is 0. The number of ether oxygens (including phenoxy) is 1. The minimum absolute atomic E-state index is 0.00798. The Kier molecular flexibility index (Phi) is 6.79. The maximum Gasteiger partial charge on any atom is 0.314 e. The number of benzene rings is 2. The molecule has 0 aromatic heterocycles. The summed E-state index contributed by atoms with van der Waals surface area (Å²) in [7, 11) is 0. The first-order valence-corrected chi connectivity index (χ1v) is 11.0. The van der Waals surface area contributed by atoms with Crippen molar-refractivity contribution in [2.24, 2.45) is 5.41 Å². The van der Waals surface area contributed by atoms with Crippen molar-refractivity contribution in [2.45, 2.75) is 31.1 Å². The van der Waals surface area contributed by atoms with Crippen LogP contribution in [0.3, 0.4) is 0 Å². The molecule has 0 aliphatic carbocycles. The first-order chi connectivity index (χ1) is 13.6. The molecule has 1 saturated heterocycles. The smallest absolute Gasteiger partial charge is 0.314 e. The molecule has 1 aliphatic heterocycles. The summed E-state index contributed by atoms with van der Waals surface area (Å²) in [4.78, 5) is 29.0. The quantitative estimate of drug-likeness (QED) is 0.534. The minimum Gasteiger partial charge on any atom is -0.466 e. The maximum atomic E-state index is 13.3. The Bertz CT molecular complexity index is 824. The number of carbonyl (C=O) groups is 2. The molecule has 148 valence electrons. The molecule has 0 unspecified atom stereocenters. The molecule has 28 heavy (non-hydrogen) atoms. The summed E-state index contributed by atoms with van der Waals surface area (Å²) in [6.07, 6.45) is 4.08. The molecular weight excluding hydrogens is 370 g/mol. The Morgan fingerprint density at radius 2 is 1.82 bits per heavy atom. The van der Waals surface area contributed by atoms with E-state index in [4.69, 9.17) is 4.74 Å². The Morgan fingerprint density at radius 3 is 2.54 bits per heavy atom. The van der Waals surface area contributed by atoms with E-state index >= 15 is 0 Å². The highest BCUT2D eigenvalue weighted by Gasteiger charge is 2.45. The summed E-state index contributed by atoms with van der Waals surface area (Å²) in [6.45, 7) is 3.23. The summed E-state index contributed by atoms with van der Waals surface area (Å²) in [5.41, 5.74) is 1.10. The van der Waals surface area contributed by atoms with Crippen LogP contribution in [0.4, 0.5) is 0 Å². The van der Waals surface area contributed by atoms with Crippen LogP contribution in [0.25, 0.3) is 0 Å². The Morgan fingerprint density at radius 1 is 1.11 bits per heavy atom. The molecule has 1 heterocycles. The van der Waals surface area contributed by atoms with Crippen LogP contribution in [0, 0.1) is 5.41 Å². The molecule has 2 aromatic rings. The van der Waals surface area contributed by atoms with Gasteiger partial charge < -0.3 is 9.64 Å². The number of thioether (sulfide) groups is 1. The highest BCUT2D eigenvalue weighted by Crippen LogP contribution is 2.36. The first-order valence-electron chi connectivity index (χ1n) is 9.73. The van der Waals surface area contributed by atoms with Gasteiger partial charge in [-0.25, -0.2) is 0 Å². The first kappa shape index (κ1) is 20.5. The third-order valence-corrected chi connectivity index (χ3v) is 6.09. The summed E-state index contributed by atoms with van der Waals surface area (Å²) >= 11 is 1.57. The van der Waals surface area contributed by atoms with Gasteiger partial charge in [-0.1, -0.05) is 42.5 Å². The second-order valence-corrected chi connectivity index (χ2v) is 8.04. The Hall–Kier alpha value is -2.27. The third kappa shape index (κ3) is 4.41. The van der Waals surface area contributed by atoms with Gasteiger partial charge in [-0.3, -0.25) is 9.59 Å². The lowest BCUT2D eigenvalue weighted by Gasteiger charge is -2.41. The molecular formula is C23H27NO3S. The van der Waals surface area contributed by atoms with E-state index in [0.717, 1.165) is 23.3 Å². The van der Waals surface area contributed by atoms with Crippen LogP contribution in [-0.4, -0.2) is 42.7 Å². The molecule has 1 amide bonds. The van der Waals surface area contributed by atoms with Gasteiger partial charge in [0.15, 0.2) is 0 Å². The zero-order valence-corrected chi connectivity index (χ0v) is 17.3. The molecule has 0 radical (unpaired) electrons. The van der Waals surface area contributed by atoms with E-state index in [-0.39, 0.29) is 11.9 Å². The maximum absolute atomic E-state index is 13.3. The van der Waals surface area contributed by atoms with E-state index in [1.54, 1.807) is 11.8 Å². The summed E-state index contributed by atoms with van der Waals surface area (Å²) in [5.74, 6) is -0.208. The fourth-order valence-electron chi connectivity index (χ4n) is 3.95. The lowest BCUT2D eigenvalue weighted by Crippen LogP contribution is -2.51. The highest BCUT2D eigenvalue weighted by molar-refractivity contribution is 7.98. The van der Waals surface area contributed by atoms with Crippen molar-refractivity contribution < 1.29 is 14.3 Å². The van der Waals surface area contributed by atoms with Crippen LogP contribution in [0.1, 0.15) is 35.7 Å². The van der Waals surface area contributed by atoms with E-state index in [1.165, 1.54) is 0 Å². The molecule has 0 spiro atoms. The number of esters is 1. The topological polar surface area (TPSA) is 46.6 Å². The van der Waals surface area contributed by atoms with Gasteiger partial charge in [-0.2, -0.15) is 0 Å². The fourth-order valence-corrected chi connectivity index (χ4v) is 4.54. The SMILES string of the molecule is CCOC(=O)[C@]1(Cc2ccccc2)CCCN(C(=O)c2ccccc2SC)C1. The fraction of sp³-hybridized carbons (Fsp3) is 0.391. The molecule has 0 N–H and O–H groups in total. The van der Waals surface area contributed by atoms with Gasteiger partial charge in [0.1, 0.15) is 0 Å². The second kappa shape index (κ2) is 9.28. The molecule has 0 saturated carbocycles. The van der Waals surface area contributed by atoms with Crippen LogP contribution in [-0.2, 0) is 16.0 Å². The largest absolute Gasteiger partial charge is 0.466 e. The number of amides is 1. The number of nitrogens with zero attached hydrogens (tertiary/aromatic N) is 1. The van der Waals surface area contributed by atoms with Crippen LogP contribution in [0.15, 0.2) is 59.5 Å². The van der Waals surface area contributed by atoms with E-state index in [1.807, 2.05) is 72.7 Å². The van der Waals surface area contributed by atoms with Crippen LogP contribution >= 0.6 is 11.8 Å². The second-order valence-electron chi connectivity index (χ2n) is 7.19. The van der Waals surface area contributed by atoms with Crippen LogP contribution in [0.2, 0.25) is 0 Å². The predicted molar refractivity (Wildman–Crippen MR) is 113 cm³/mol. The van der Waals surface area contributed by atoms with Gasteiger partial charge in [0.25, 0.3) is 5.91 Å². The number of piperidine rings is 1. The monoisotopic (exact) mass is 397 g/mol. The van der Waals surface area contributed by atoms with E-state index in [2.05, 4.69) is 0 Å². The Labute approximate surface area is 171 Å². The molecule has 1 atom stereocenters. The van der Waals surface area contributed by atoms with E-state index in [0.29, 0.717) is 31.7 Å². The molecule has 1 fully saturated rings. The lowest BCUT2D eigenvalue weighted by molar-refractivity contribution is -0.158. The zero-order chi connectivity index (χ0) is 20.0. The highest BCUT2D eigenvalue weighted by atomic mass is 32.2. The van der Waals surface area contributed by atoms with Gasteiger partial charge in [0, 0.05) is 18.0 Å². The van der Waals surface area contributed by atoms with Crippen molar-refractivity contribution in [2.75, 3.05) is 26.0 Å². The third-order valence-electron chi connectivity index (χ3n) is 5.30. The zero-order valence-electron chi connectivity index (χ0n) is 16.5. The standard InChI is InChI=1S/C23H27NO3S/c1-3-27-22(26)23(16-18-10-5-4-6-11-18)14-9-15-24(17-23)21(25)19-12-7-8-13-20(19)28-2/h4-8,10-13H,3,9,14-17H2,1-2H3/t23-/m0/s1. The molecule has 5 heteroatoms. The van der Waals surface area contributed by atoms with Gasteiger partial charge in [-0.05, 0) is 50.1 Å². The van der Waals surface area contributed by atoms with Gasteiger partial charge in [0.2, 0.25) is 0 Å². The average Bonchev–Trinajstić information content (AvgIpc) is 2.74. The summed E-state index contributed by atoms with van der Waals surface area (Å²) < 4.78 is 5.45. The van der Waals surface area contributed by atoms with Gasteiger partial charge >= 0.3 is 5.97 Å². The van der Waals surface area contributed by atoms with Gasteiger partial charge in [-0.15, -0.1) is 11.8 Å². The number of likely N-dealkylation sites (tertiary alicyclic amines) is 1. The van der Waals surface area contributed by atoms with Crippen molar-refractivity contribution in [3.63, 3.8) is 0 Å². The molecule has 1 aliphatic rings. The molecule has 3 rings (SSSR count). The normalized spacial score (nSPS) is 19.3. The minimum atomic E-state index is -0.695. The van der Waals surface area contributed by atoms with Crippen LogP contribution < -0.4 is 0 Å². The molecule has 4 nitrogen and oxygen atoms in total. The van der Waals surface area contributed by atoms with Gasteiger partial charge in [0.05, 0.1) is 17.6 Å². The van der Waals surface area contributed by atoms with Crippen molar-refractivity contribution in [1.82, 2.24) is 4.90 Å². The number of carbonyl (C=O) groups excluding carboxylic acids is 2. The predicted octanol–water partition coefficient (Wildman–Crippen LogP) is 4.44. The number of hydrogen-bond acceptors (Lipinski definition) is 4. The number of rotatable bonds is 6. The van der Waals surface area contributed by atoms with Crippen molar-refractivity contribution in [3.8, 4) is 0 Å². The summed E-state index contributed by atoms with van der Waals surface area (Å²) in [6, 6.07) is 17.7. The van der Waals surface area contributed by atoms with E-state index < -0.39 is 5.41 Å². The van der Waals surface area contributed by atoms with Crippen molar-refractivity contribution in [1.29, 1.82) is 0 Å². The molecule has 2 aromatic carbocycles. The Balaban J connectivity index is 1.89. The van der Waals surface area contributed by atoms with Crippen molar-refractivity contribution in [3.05, 3.63) is 65.7 Å². The average molecular weight is 398 g/mol.